The molecule has 16 heavy (non-hydrogen) atoms. The molecular weight excluding hydrogens is 228 g/mol. The van der Waals surface area contributed by atoms with E-state index in [0.29, 0.717) is 11.9 Å². The first-order valence-electron chi connectivity index (χ1n) is 4.81. The van der Waals surface area contributed by atoms with E-state index in [4.69, 9.17) is 11.6 Å². The highest BCUT2D eigenvalue weighted by Gasteiger charge is 2.06. The Morgan fingerprint density at radius 1 is 1.31 bits per heavy atom. The number of hydrogen-bond acceptors (Lipinski definition) is 5. The van der Waals surface area contributed by atoms with Gasteiger partial charge in [0.15, 0.2) is 0 Å². The standard InChI is InChI=1S/C9H11ClN6/c1-6(2)12-8-13-7(10)14-9(15-8)16-4-3-11-5-16/h3-6H,1-2H3,(H,12,13,14,15). The van der Waals surface area contributed by atoms with Crippen molar-refractivity contribution >= 4 is 17.5 Å². The van der Waals surface area contributed by atoms with Crippen molar-refractivity contribution in [3.8, 4) is 5.95 Å². The van der Waals surface area contributed by atoms with Crippen molar-refractivity contribution in [1.29, 1.82) is 0 Å². The maximum atomic E-state index is 5.81. The fourth-order valence-corrected chi connectivity index (χ4v) is 1.31. The first kappa shape index (κ1) is 10.8. The molecular formula is C9H11ClN6. The van der Waals surface area contributed by atoms with Crippen LogP contribution in [0.5, 0.6) is 0 Å². The lowest BCUT2D eigenvalue weighted by Gasteiger charge is -2.09. The smallest absolute Gasteiger partial charge is 0.241 e. The molecule has 0 fully saturated rings. The van der Waals surface area contributed by atoms with Crippen LogP contribution in [-0.2, 0) is 0 Å². The Hall–Kier alpha value is -1.69. The summed E-state index contributed by atoms with van der Waals surface area (Å²) in [4.78, 5) is 16.1. The number of hydrogen-bond donors (Lipinski definition) is 1. The summed E-state index contributed by atoms with van der Waals surface area (Å²) in [6.07, 6.45) is 4.99. The molecule has 0 saturated heterocycles. The zero-order valence-corrected chi connectivity index (χ0v) is 9.68. The first-order chi connectivity index (χ1) is 7.65. The second-order valence-electron chi connectivity index (χ2n) is 3.50. The quantitative estimate of drug-likeness (QED) is 0.878. The van der Waals surface area contributed by atoms with Gasteiger partial charge >= 0.3 is 0 Å². The van der Waals surface area contributed by atoms with Gasteiger partial charge in [0.2, 0.25) is 17.2 Å². The van der Waals surface area contributed by atoms with Gasteiger partial charge in [-0.05, 0) is 25.4 Å². The molecule has 2 rings (SSSR count). The lowest BCUT2D eigenvalue weighted by atomic mass is 10.4. The van der Waals surface area contributed by atoms with Crippen LogP contribution in [0.25, 0.3) is 5.95 Å². The number of imidazole rings is 1. The third-order valence-electron chi connectivity index (χ3n) is 1.75. The van der Waals surface area contributed by atoms with Gasteiger partial charge < -0.3 is 5.32 Å². The van der Waals surface area contributed by atoms with E-state index in [-0.39, 0.29) is 11.3 Å². The molecule has 0 aliphatic rings. The van der Waals surface area contributed by atoms with Crippen molar-refractivity contribution in [3.63, 3.8) is 0 Å². The van der Waals surface area contributed by atoms with Crippen LogP contribution in [-0.4, -0.2) is 30.5 Å². The molecule has 1 N–H and O–H groups in total. The summed E-state index contributed by atoms with van der Waals surface area (Å²) in [5, 5.41) is 3.22. The first-order valence-corrected chi connectivity index (χ1v) is 5.19. The molecule has 0 unspecified atom stereocenters. The second-order valence-corrected chi connectivity index (χ2v) is 3.84. The molecule has 0 radical (unpaired) electrons. The minimum Gasteiger partial charge on any atom is -0.352 e. The van der Waals surface area contributed by atoms with Gasteiger partial charge in [-0.1, -0.05) is 0 Å². The van der Waals surface area contributed by atoms with E-state index in [2.05, 4.69) is 25.3 Å². The molecule has 6 nitrogen and oxygen atoms in total. The summed E-state index contributed by atoms with van der Waals surface area (Å²) in [6.45, 7) is 3.99. The molecule has 0 saturated carbocycles. The fourth-order valence-electron chi connectivity index (χ4n) is 1.16. The Labute approximate surface area is 97.7 Å². The maximum absolute atomic E-state index is 5.81. The summed E-state index contributed by atoms with van der Waals surface area (Å²) in [5.74, 6) is 0.902. The van der Waals surface area contributed by atoms with Crippen molar-refractivity contribution < 1.29 is 0 Å². The van der Waals surface area contributed by atoms with Crippen LogP contribution in [0.3, 0.4) is 0 Å². The van der Waals surface area contributed by atoms with Crippen molar-refractivity contribution in [1.82, 2.24) is 24.5 Å². The van der Waals surface area contributed by atoms with Gasteiger partial charge in [-0.15, -0.1) is 0 Å². The molecule has 0 spiro atoms. The summed E-state index contributed by atoms with van der Waals surface area (Å²) in [5.41, 5.74) is 0. The summed E-state index contributed by atoms with van der Waals surface area (Å²) in [7, 11) is 0. The fraction of sp³-hybridized carbons (Fsp3) is 0.333. The molecule has 7 heteroatoms. The van der Waals surface area contributed by atoms with E-state index in [9.17, 15) is 0 Å². The highest BCUT2D eigenvalue weighted by molar-refractivity contribution is 6.28. The predicted molar refractivity (Wildman–Crippen MR) is 60.7 cm³/mol. The molecule has 84 valence electrons. The molecule has 2 heterocycles. The number of nitrogens with one attached hydrogen (secondary N) is 1. The Morgan fingerprint density at radius 2 is 2.12 bits per heavy atom. The second kappa shape index (κ2) is 4.44. The summed E-state index contributed by atoms with van der Waals surface area (Å²) in [6, 6.07) is 0.231. The number of halogens is 1. The molecule has 0 bridgehead atoms. The minimum atomic E-state index is 0.154. The molecule has 0 aromatic carbocycles. The van der Waals surface area contributed by atoms with E-state index in [1.54, 1.807) is 23.3 Å². The number of nitrogens with zero attached hydrogens (tertiary/aromatic N) is 5. The van der Waals surface area contributed by atoms with Crippen LogP contribution in [0.15, 0.2) is 18.7 Å². The molecule has 0 atom stereocenters. The molecule has 0 aliphatic carbocycles. The number of anilines is 1. The van der Waals surface area contributed by atoms with Crippen molar-refractivity contribution in [2.75, 3.05) is 5.32 Å². The van der Waals surface area contributed by atoms with Crippen LogP contribution in [0.4, 0.5) is 5.95 Å². The zero-order valence-electron chi connectivity index (χ0n) is 8.92. The Balaban J connectivity index is 2.36. The van der Waals surface area contributed by atoms with Gasteiger partial charge in [0, 0.05) is 18.4 Å². The summed E-state index contributed by atoms with van der Waals surface area (Å²) >= 11 is 5.81. The lowest BCUT2D eigenvalue weighted by molar-refractivity contribution is 0.842. The van der Waals surface area contributed by atoms with Crippen LogP contribution < -0.4 is 5.32 Å². The SMILES string of the molecule is CC(C)Nc1nc(Cl)nc(-n2ccnc2)n1. The monoisotopic (exact) mass is 238 g/mol. The average molecular weight is 239 g/mol. The van der Waals surface area contributed by atoms with E-state index in [1.165, 1.54) is 0 Å². The van der Waals surface area contributed by atoms with E-state index >= 15 is 0 Å². The van der Waals surface area contributed by atoms with Gasteiger partial charge in [-0.25, -0.2) is 4.98 Å². The molecule has 2 aromatic rings. The summed E-state index contributed by atoms with van der Waals surface area (Å²) < 4.78 is 1.67. The average Bonchev–Trinajstić information content (AvgIpc) is 2.67. The van der Waals surface area contributed by atoms with Gasteiger partial charge in [-0.3, -0.25) is 4.57 Å². The van der Waals surface area contributed by atoms with Gasteiger partial charge in [0.25, 0.3) is 0 Å². The van der Waals surface area contributed by atoms with E-state index in [0.717, 1.165) is 0 Å². The van der Waals surface area contributed by atoms with E-state index in [1.807, 2.05) is 13.8 Å². The van der Waals surface area contributed by atoms with Crippen LogP contribution in [0.1, 0.15) is 13.8 Å². The lowest BCUT2D eigenvalue weighted by Crippen LogP contribution is -2.14. The maximum Gasteiger partial charge on any atom is 0.241 e. The van der Waals surface area contributed by atoms with Gasteiger partial charge in [-0.2, -0.15) is 15.0 Å². The number of aromatic nitrogens is 5. The topological polar surface area (TPSA) is 68.5 Å². The van der Waals surface area contributed by atoms with Crippen LogP contribution in [0.2, 0.25) is 5.28 Å². The van der Waals surface area contributed by atoms with Crippen LogP contribution in [0, 0.1) is 0 Å². The highest BCUT2D eigenvalue weighted by Crippen LogP contribution is 2.09. The zero-order chi connectivity index (χ0) is 11.5. The molecule has 0 aliphatic heterocycles. The van der Waals surface area contributed by atoms with Gasteiger partial charge in [0.1, 0.15) is 6.33 Å². The Morgan fingerprint density at radius 3 is 2.75 bits per heavy atom. The van der Waals surface area contributed by atoms with Gasteiger partial charge in [0.05, 0.1) is 0 Å². The van der Waals surface area contributed by atoms with E-state index < -0.39 is 0 Å². The van der Waals surface area contributed by atoms with Crippen molar-refractivity contribution in [2.45, 2.75) is 19.9 Å². The highest BCUT2D eigenvalue weighted by atomic mass is 35.5. The Bertz CT molecular complexity index is 467. The minimum absolute atomic E-state index is 0.154. The normalized spacial score (nSPS) is 10.8. The predicted octanol–water partition coefficient (Wildman–Crippen LogP) is 1.53. The largest absolute Gasteiger partial charge is 0.352 e. The van der Waals surface area contributed by atoms with Crippen LogP contribution >= 0.6 is 11.6 Å². The third kappa shape index (κ3) is 2.46. The van der Waals surface area contributed by atoms with Crippen molar-refractivity contribution in [3.05, 3.63) is 24.0 Å². The Kier molecular flexibility index (Phi) is 3.00. The third-order valence-corrected chi connectivity index (χ3v) is 1.92. The molecule has 0 amide bonds. The van der Waals surface area contributed by atoms with Crippen molar-refractivity contribution in [2.24, 2.45) is 0 Å². The molecule has 2 aromatic heterocycles. The number of rotatable bonds is 3.